The lowest BCUT2D eigenvalue weighted by molar-refractivity contribution is 0.601. The van der Waals surface area contributed by atoms with Crippen molar-refractivity contribution in [3.63, 3.8) is 0 Å². The summed E-state index contributed by atoms with van der Waals surface area (Å²) in [7, 11) is -3.55. The zero-order valence-corrected chi connectivity index (χ0v) is 14.7. The van der Waals surface area contributed by atoms with Gasteiger partial charge >= 0.3 is 0 Å². The molecule has 2 rings (SSSR count). The van der Waals surface area contributed by atoms with Crippen molar-refractivity contribution in [2.45, 2.75) is 44.6 Å². The van der Waals surface area contributed by atoms with Crippen LogP contribution in [0.1, 0.15) is 32.8 Å². The van der Waals surface area contributed by atoms with Gasteiger partial charge in [0.2, 0.25) is 0 Å². The molecule has 2 aromatic carbocycles. The van der Waals surface area contributed by atoms with Crippen LogP contribution in [0.25, 0.3) is 0 Å². The van der Waals surface area contributed by atoms with Gasteiger partial charge in [-0.2, -0.15) is 0 Å². The van der Waals surface area contributed by atoms with Gasteiger partial charge < -0.3 is 5.32 Å². The Hall–Kier alpha value is -2.01. The van der Waals surface area contributed by atoms with E-state index in [2.05, 4.69) is 23.9 Å². The van der Waals surface area contributed by atoms with Crippen molar-refractivity contribution >= 4 is 21.4 Å². The molecule has 1 atom stereocenters. The number of rotatable bonds is 7. The van der Waals surface area contributed by atoms with E-state index in [4.69, 9.17) is 0 Å². The highest BCUT2D eigenvalue weighted by Crippen LogP contribution is 2.19. The monoisotopic (exact) mass is 332 g/mol. The minimum Gasteiger partial charge on any atom is -0.383 e. The summed E-state index contributed by atoms with van der Waals surface area (Å²) in [4.78, 5) is 0.275. The average molecular weight is 332 g/mol. The van der Waals surface area contributed by atoms with Crippen LogP contribution in [-0.2, 0) is 16.4 Å². The molecule has 0 amide bonds. The number of benzene rings is 2. The van der Waals surface area contributed by atoms with Crippen LogP contribution in [-0.4, -0.2) is 14.5 Å². The maximum atomic E-state index is 12.4. The predicted molar refractivity (Wildman–Crippen MR) is 96.4 cm³/mol. The summed E-state index contributed by atoms with van der Waals surface area (Å²) >= 11 is 0. The molecule has 23 heavy (non-hydrogen) atoms. The second kappa shape index (κ2) is 7.51. The van der Waals surface area contributed by atoms with Crippen molar-refractivity contribution in [1.82, 2.24) is 0 Å². The SMILES string of the molecule is CCc1ccc(S(=O)(=O)Nc2ccc(NC(C)CC)cc2)cc1. The molecule has 0 fully saturated rings. The number of aryl methyl sites for hydroxylation is 1. The van der Waals surface area contributed by atoms with Crippen molar-refractivity contribution < 1.29 is 8.42 Å². The van der Waals surface area contributed by atoms with Gasteiger partial charge in [-0.1, -0.05) is 26.0 Å². The molecule has 0 saturated carbocycles. The Labute approximate surface area is 139 Å². The predicted octanol–water partition coefficient (Wildman–Crippen LogP) is 4.26. The summed E-state index contributed by atoms with van der Waals surface area (Å²) in [5.74, 6) is 0. The molecule has 0 spiro atoms. The van der Waals surface area contributed by atoms with E-state index >= 15 is 0 Å². The highest BCUT2D eigenvalue weighted by molar-refractivity contribution is 7.92. The first-order valence-corrected chi connectivity index (χ1v) is 9.41. The first-order valence-electron chi connectivity index (χ1n) is 7.93. The highest BCUT2D eigenvalue weighted by atomic mass is 32.2. The van der Waals surface area contributed by atoms with Crippen molar-refractivity contribution in [2.24, 2.45) is 0 Å². The summed E-state index contributed by atoms with van der Waals surface area (Å²) in [6.07, 6.45) is 1.92. The van der Waals surface area contributed by atoms with Gasteiger partial charge in [0.05, 0.1) is 4.90 Å². The minimum absolute atomic E-state index is 0.275. The maximum Gasteiger partial charge on any atom is 0.261 e. The van der Waals surface area contributed by atoms with Crippen LogP contribution in [0.15, 0.2) is 53.4 Å². The van der Waals surface area contributed by atoms with Crippen LogP contribution < -0.4 is 10.0 Å². The zero-order chi connectivity index (χ0) is 16.9. The first-order chi connectivity index (χ1) is 10.9. The Balaban J connectivity index is 2.10. The topological polar surface area (TPSA) is 58.2 Å². The molecule has 2 N–H and O–H groups in total. The van der Waals surface area contributed by atoms with Crippen molar-refractivity contribution in [3.8, 4) is 0 Å². The second-order valence-corrected chi connectivity index (χ2v) is 7.32. The molecule has 0 heterocycles. The fraction of sp³-hybridized carbons (Fsp3) is 0.333. The van der Waals surface area contributed by atoms with Gasteiger partial charge in [-0.3, -0.25) is 4.72 Å². The number of hydrogen-bond donors (Lipinski definition) is 2. The molecule has 0 aliphatic carbocycles. The summed E-state index contributed by atoms with van der Waals surface area (Å²) < 4.78 is 27.4. The molecule has 1 unspecified atom stereocenters. The first kappa shape index (κ1) is 17.3. The number of nitrogens with one attached hydrogen (secondary N) is 2. The van der Waals surface area contributed by atoms with Gasteiger partial charge in [0.25, 0.3) is 10.0 Å². The van der Waals surface area contributed by atoms with E-state index in [1.54, 1.807) is 24.3 Å². The maximum absolute atomic E-state index is 12.4. The highest BCUT2D eigenvalue weighted by Gasteiger charge is 2.13. The summed E-state index contributed by atoms with van der Waals surface area (Å²) in [5.41, 5.74) is 2.65. The summed E-state index contributed by atoms with van der Waals surface area (Å²) in [6.45, 7) is 6.26. The van der Waals surface area contributed by atoms with Crippen LogP contribution in [0.2, 0.25) is 0 Å². The third kappa shape index (κ3) is 4.73. The van der Waals surface area contributed by atoms with E-state index < -0.39 is 10.0 Å². The fourth-order valence-corrected chi connectivity index (χ4v) is 3.20. The standard InChI is InChI=1S/C18H24N2O2S/c1-4-14(3)19-16-8-10-17(11-9-16)20-23(21,22)18-12-6-15(5-2)7-13-18/h6-14,19-20H,4-5H2,1-3H3. The van der Waals surface area contributed by atoms with E-state index in [1.165, 1.54) is 0 Å². The van der Waals surface area contributed by atoms with Gasteiger partial charge in [0.1, 0.15) is 0 Å². The fourth-order valence-electron chi connectivity index (χ4n) is 2.14. The lowest BCUT2D eigenvalue weighted by atomic mass is 10.2. The smallest absolute Gasteiger partial charge is 0.261 e. The number of anilines is 2. The molecule has 0 saturated heterocycles. The Bertz CT molecular complexity index is 723. The van der Waals surface area contributed by atoms with Crippen molar-refractivity contribution in [3.05, 3.63) is 54.1 Å². The van der Waals surface area contributed by atoms with Crippen LogP contribution in [0.3, 0.4) is 0 Å². The largest absolute Gasteiger partial charge is 0.383 e. The van der Waals surface area contributed by atoms with Crippen LogP contribution in [0.5, 0.6) is 0 Å². The second-order valence-electron chi connectivity index (χ2n) is 5.63. The molecule has 0 aliphatic heterocycles. The van der Waals surface area contributed by atoms with Gasteiger partial charge in [-0.15, -0.1) is 0 Å². The molecule has 0 radical (unpaired) electrons. The van der Waals surface area contributed by atoms with E-state index in [0.717, 1.165) is 24.1 Å². The molecule has 0 bridgehead atoms. The minimum atomic E-state index is -3.55. The summed E-state index contributed by atoms with van der Waals surface area (Å²) in [6, 6.07) is 14.6. The number of hydrogen-bond acceptors (Lipinski definition) is 3. The van der Waals surface area contributed by atoms with E-state index in [1.807, 2.05) is 31.2 Å². The molecule has 5 heteroatoms. The van der Waals surface area contributed by atoms with Crippen LogP contribution >= 0.6 is 0 Å². The quantitative estimate of drug-likeness (QED) is 0.796. The molecule has 0 aliphatic rings. The van der Waals surface area contributed by atoms with Gasteiger partial charge in [-0.05, 0) is 61.7 Å². The van der Waals surface area contributed by atoms with Gasteiger partial charge in [-0.25, -0.2) is 8.42 Å². The average Bonchev–Trinajstić information content (AvgIpc) is 2.56. The van der Waals surface area contributed by atoms with E-state index in [-0.39, 0.29) is 4.90 Å². The Morgan fingerprint density at radius 2 is 1.48 bits per heavy atom. The summed E-state index contributed by atoms with van der Waals surface area (Å²) in [5, 5.41) is 3.35. The normalized spacial score (nSPS) is 12.7. The van der Waals surface area contributed by atoms with Gasteiger partial charge in [0.15, 0.2) is 0 Å². The molecular weight excluding hydrogens is 308 g/mol. The van der Waals surface area contributed by atoms with E-state index in [0.29, 0.717) is 11.7 Å². The van der Waals surface area contributed by atoms with Crippen LogP contribution in [0.4, 0.5) is 11.4 Å². The Kier molecular flexibility index (Phi) is 5.66. The third-order valence-electron chi connectivity index (χ3n) is 3.80. The van der Waals surface area contributed by atoms with E-state index in [9.17, 15) is 8.42 Å². The number of sulfonamides is 1. The van der Waals surface area contributed by atoms with Crippen molar-refractivity contribution in [2.75, 3.05) is 10.0 Å². The Morgan fingerprint density at radius 3 is 2.00 bits per heavy atom. The molecule has 2 aromatic rings. The zero-order valence-electron chi connectivity index (χ0n) is 13.8. The lowest BCUT2D eigenvalue weighted by Crippen LogP contribution is -2.14. The van der Waals surface area contributed by atoms with Crippen LogP contribution in [0, 0.1) is 0 Å². The molecule has 124 valence electrons. The third-order valence-corrected chi connectivity index (χ3v) is 5.20. The lowest BCUT2D eigenvalue weighted by Gasteiger charge is -2.14. The Morgan fingerprint density at radius 1 is 0.913 bits per heavy atom. The molecule has 0 aromatic heterocycles. The molecule has 4 nitrogen and oxygen atoms in total. The van der Waals surface area contributed by atoms with Gasteiger partial charge in [0, 0.05) is 17.4 Å². The molecular formula is C18H24N2O2S. The van der Waals surface area contributed by atoms with Crippen molar-refractivity contribution in [1.29, 1.82) is 0 Å².